The molecular weight excluding hydrogens is 248 g/mol. The van der Waals surface area contributed by atoms with Crippen LogP contribution in [0.3, 0.4) is 0 Å². The van der Waals surface area contributed by atoms with Gasteiger partial charge in [0, 0.05) is 5.25 Å². The van der Waals surface area contributed by atoms with Crippen molar-refractivity contribution in [1.29, 1.82) is 0 Å². The minimum Gasteiger partial charge on any atom is -0.442 e. The molecule has 0 aliphatic heterocycles. The van der Waals surface area contributed by atoms with Crippen molar-refractivity contribution >= 4 is 17.9 Å². The van der Waals surface area contributed by atoms with E-state index in [0.29, 0.717) is 10.8 Å². The lowest BCUT2D eigenvalue weighted by atomic mass is 10.2. The van der Waals surface area contributed by atoms with Crippen molar-refractivity contribution in [2.75, 3.05) is 0 Å². The number of aromatic nitrogens is 2. The van der Waals surface area contributed by atoms with Crippen LogP contribution in [0, 0.1) is 11.2 Å². The van der Waals surface area contributed by atoms with Crippen LogP contribution in [0.25, 0.3) is 0 Å². The minimum atomic E-state index is -0.525. The fourth-order valence-corrected chi connectivity index (χ4v) is 1.41. The van der Waals surface area contributed by atoms with Gasteiger partial charge >= 0.3 is 6.09 Å². The molecule has 98 valence electrons. The monoisotopic (exact) mass is 266 g/mol. The van der Waals surface area contributed by atoms with E-state index in [2.05, 4.69) is 30.1 Å². The molecule has 0 unspecified atom stereocenters. The third kappa shape index (κ3) is 5.28. The summed E-state index contributed by atoms with van der Waals surface area (Å²) in [6, 6.07) is 0. The minimum absolute atomic E-state index is 0.457. The maximum Gasteiger partial charge on any atom is 0.435 e. The first-order valence-corrected chi connectivity index (χ1v) is 6.60. The van der Waals surface area contributed by atoms with Crippen LogP contribution in [0.5, 0.6) is 0 Å². The van der Waals surface area contributed by atoms with Crippen molar-refractivity contribution in [3.63, 3.8) is 0 Å². The lowest BCUT2D eigenvalue weighted by Crippen LogP contribution is -2.27. The maximum atomic E-state index is 11.7. The molecule has 0 saturated heterocycles. The van der Waals surface area contributed by atoms with Gasteiger partial charge in [-0.05, 0) is 26.0 Å². The van der Waals surface area contributed by atoms with Crippen LogP contribution in [-0.2, 0) is 4.74 Å². The second-order valence-electron chi connectivity index (χ2n) is 5.05. The summed E-state index contributed by atoms with van der Waals surface area (Å²) in [7, 11) is 0. The van der Waals surface area contributed by atoms with Crippen LogP contribution in [0.4, 0.5) is 4.79 Å². The Balaban J connectivity index is 2.68. The first-order chi connectivity index (χ1) is 8.28. The van der Waals surface area contributed by atoms with Gasteiger partial charge in [0.2, 0.25) is 0 Å². The van der Waals surface area contributed by atoms with Crippen LogP contribution in [0.2, 0.25) is 0 Å². The van der Waals surface area contributed by atoms with Crippen molar-refractivity contribution < 1.29 is 9.53 Å². The molecule has 0 spiro atoms. The summed E-state index contributed by atoms with van der Waals surface area (Å²) in [6.07, 6.45) is 2.63. The highest BCUT2D eigenvalue weighted by atomic mass is 32.2. The first kappa shape index (κ1) is 14.7. The van der Waals surface area contributed by atoms with E-state index in [1.807, 2.05) is 20.8 Å². The van der Waals surface area contributed by atoms with Gasteiger partial charge in [0.05, 0.1) is 18.0 Å². The van der Waals surface area contributed by atoms with Gasteiger partial charge in [-0.3, -0.25) is 0 Å². The molecule has 0 bridgehead atoms. The standard InChI is InChI=1S/C13H18N2O2S/c1-10(2)18-7-6-11-8-14-15(9-11)12(16)17-13(3,4)5/h8-10H,1-5H3. The average Bonchev–Trinajstić information content (AvgIpc) is 2.63. The number of ether oxygens (including phenoxy) is 1. The first-order valence-electron chi connectivity index (χ1n) is 5.72. The Morgan fingerprint density at radius 3 is 2.72 bits per heavy atom. The van der Waals surface area contributed by atoms with E-state index in [4.69, 9.17) is 4.74 Å². The zero-order valence-electron chi connectivity index (χ0n) is 11.4. The van der Waals surface area contributed by atoms with E-state index in [1.54, 1.807) is 12.4 Å². The molecule has 1 heterocycles. The molecule has 0 radical (unpaired) electrons. The number of carbonyl (C=O) groups is 1. The van der Waals surface area contributed by atoms with Crippen LogP contribution in [-0.4, -0.2) is 26.7 Å². The fourth-order valence-electron chi connectivity index (χ4n) is 1.00. The molecule has 1 aromatic rings. The van der Waals surface area contributed by atoms with Crippen LogP contribution in [0.15, 0.2) is 12.4 Å². The number of carbonyl (C=O) groups excluding carboxylic acids is 1. The molecule has 0 aliphatic carbocycles. The third-order valence-corrected chi connectivity index (χ3v) is 2.34. The van der Waals surface area contributed by atoms with Gasteiger partial charge in [0.15, 0.2) is 0 Å². The van der Waals surface area contributed by atoms with Gasteiger partial charge < -0.3 is 4.74 Å². The average molecular weight is 266 g/mol. The van der Waals surface area contributed by atoms with Gasteiger partial charge in [-0.15, -0.1) is 0 Å². The Labute approximate surface area is 112 Å². The summed E-state index contributed by atoms with van der Waals surface area (Å²) >= 11 is 1.54. The third-order valence-electron chi connectivity index (χ3n) is 1.65. The van der Waals surface area contributed by atoms with Crippen LogP contribution < -0.4 is 0 Å². The number of thioether (sulfide) groups is 1. The largest absolute Gasteiger partial charge is 0.442 e. The highest BCUT2D eigenvalue weighted by Gasteiger charge is 2.18. The van der Waals surface area contributed by atoms with Gasteiger partial charge in [-0.25, -0.2) is 4.79 Å². The summed E-state index contributed by atoms with van der Waals surface area (Å²) in [5.41, 5.74) is 0.177. The molecule has 0 N–H and O–H groups in total. The molecule has 0 aromatic carbocycles. The molecule has 5 heteroatoms. The van der Waals surface area contributed by atoms with Gasteiger partial charge in [0.1, 0.15) is 5.60 Å². The molecule has 0 aliphatic rings. The number of hydrogen-bond acceptors (Lipinski definition) is 4. The van der Waals surface area contributed by atoms with E-state index in [-0.39, 0.29) is 0 Å². The molecule has 18 heavy (non-hydrogen) atoms. The van der Waals surface area contributed by atoms with Crippen molar-refractivity contribution in [3.05, 3.63) is 18.0 Å². The van der Waals surface area contributed by atoms with Crippen LogP contribution >= 0.6 is 11.8 Å². The van der Waals surface area contributed by atoms with E-state index >= 15 is 0 Å². The second kappa shape index (κ2) is 5.96. The molecule has 1 rings (SSSR count). The summed E-state index contributed by atoms with van der Waals surface area (Å²) in [5, 5.41) is 7.35. The highest BCUT2D eigenvalue weighted by molar-refractivity contribution is 8.04. The quantitative estimate of drug-likeness (QED) is 0.733. The zero-order valence-corrected chi connectivity index (χ0v) is 12.2. The summed E-state index contributed by atoms with van der Waals surface area (Å²) < 4.78 is 6.35. The topological polar surface area (TPSA) is 44.1 Å². The highest BCUT2D eigenvalue weighted by Crippen LogP contribution is 2.09. The van der Waals surface area contributed by atoms with Crippen molar-refractivity contribution in [1.82, 2.24) is 9.78 Å². The Bertz CT molecular complexity index is 475. The molecule has 4 nitrogen and oxygen atoms in total. The van der Waals surface area contributed by atoms with E-state index in [1.165, 1.54) is 11.8 Å². The molecule has 0 fully saturated rings. The van der Waals surface area contributed by atoms with Gasteiger partial charge in [-0.1, -0.05) is 31.5 Å². The predicted octanol–water partition coefficient (Wildman–Crippen LogP) is 3.12. The molecule has 0 atom stereocenters. The zero-order chi connectivity index (χ0) is 13.8. The molecular formula is C13H18N2O2S. The molecule has 0 saturated carbocycles. The number of hydrogen-bond donors (Lipinski definition) is 0. The maximum absolute atomic E-state index is 11.7. The van der Waals surface area contributed by atoms with Crippen molar-refractivity contribution in [3.8, 4) is 11.2 Å². The van der Waals surface area contributed by atoms with E-state index in [9.17, 15) is 4.79 Å². The molecule has 0 amide bonds. The Kier molecular flexibility index (Phi) is 4.85. The second-order valence-corrected chi connectivity index (χ2v) is 6.43. The van der Waals surface area contributed by atoms with Gasteiger partial charge in [0.25, 0.3) is 0 Å². The van der Waals surface area contributed by atoms with Gasteiger partial charge in [-0.2, -0.15) is 9.78 Å². The summed E-state index contributed by atoms with van der Waals surface area (Å²) in [6.45, 7) is 9.59. The SMILES string of the molecule is CC(C)SC#Cc1cnn(C(=O)OC(C)(C)C)c1. The smallest absolute Gasteiger partial charge is 0.435 e. The van der Waals surface area contributed by atoms with E-state index < -0.39 is 11.7 Å². The van der Waals surface area contributed by atoms with Crippen LogP contribution in [0.1, 0.15) is 40.2 Å². The van der Waals surface area contributed by atoms with Crippen molar-refractivity contribution in [2.24, 2.45) is 0 Å². The fraction of sp³-hybridized carbons (Fsp3) is 0.538. The summed E-state index contributed by atoms with van der Waals surface area (Å²) in [5.74, 6) is 2.94. The predicted molar refractivity (Wildman–Crippen MR) is 73.5 cm³/mol. The normalized spacial score (nSPS) is 11.0. The lowest BCUT2D eigenvalue weighted by molar-refractivity contribution is 0.0514. The lowest BCUT2D eigenvalue weighted by Gasteiger charge is -2.18. The number of nitrogens with zero attached hydrogens (tertiary/aromatic N) is 2. The summed E-state index contributed by atoms with van der Waals surface area (Å²) in [4.78, 5) is 11.7. The van der Waals surface area contributed by atoms with E-state index in [0.717, 1.165) is 4.68 Å². The Morgan fingerprint density at radius 1 is 1.50 bits per heavy atom. The Hall–Kier alpha value is -1.41. The molecule has 1 aromatic heterocycles. The number of rotatable bonds is 1. The Morgan fingerprint density at radius 2 is 2.17 bits per heavy atom. The van der Waals surface area contributed by atoms with Crippen molar-refractivity contribution in [2.45, 2.75) is 45.5 Å².